The number of halogens is 1. The molecule has 3 heterocycles. The lowest BCUT2D eigenvalue weighted by atomic mass is 10.1. The van der Waals surface area contributed by atoms with E-state index < -0.39 is 0 Å². The Morgan fingerprint density at radius 1 is 1.55 bits per heavy atom. The summed E-state index contributed by atoms with van der Waals surface area (Å²) in [6.07, 6.45) is 5.70. The quantitative estimate of drug-likeness (QED) is 0.635. The number of aliphatic imine (C=N–C) groups is 1. The van der Waals surface area contributed by atoms with Crippen LogP contribution >= 0.6 is 11.6 Å². The zero-order chi connectivity index (χ0) is 15.7. The number of esters is 1. The van der Waals surface area contributed by atoms with Gasteiger partial charge in [-0.1, -0.05) is 18.2 Å². The Labute approximate surface area is 133 Å². The van der Waals surface area contributed by atoms with Gasteiger partial charge in [-0.2, -0.15) is 0 Å². The first-order valence-electron chi connectivity index (χ1n) is 6.87. The number of ether oxygens (including phenoxy) is 1. The van der Waals surface area contributed by atoms with Crippen LogP contribution in [0.15, 0.2) is 59.3 Å². The standard InChI is InChI=1S/C16H14ClN3O2/c1-3-22-16(21)12-9-10(2)20-8-6-13(19-15(12)20)11-5-4-7-18-14(11)17/h4-8H,2-3,9H2,1H3. The normalized spacial score (nSPS) is 16.7. The van der Waals surface area contributed by atoms with Gasteiger partial charge in [0.1, 0.15) is 11.0 Å². The topological polar surface area (TPSA) is 54.8 Å². The van der Waals surface area contributed by atoms with Crippen LogP contribution in [-0.4, -0.2) is 28.2 Å². The molecule has 112 valence electrons. The number of carbonyl (C=O) groups excluding carboxylic acids is 1. The number of fused-ring (bicyclic) bond motifs is 1. The summed E-state index contributed by atoms with van der Waals surface area (Å²) in [5.41, 5.74) is 2.66. The molecule has 22 heavy (non-hydrogen) atoms. The summed E-state index contributed by atoms with van der Waals surface area (Å²) in [6.45, 7) is 6.06. The molecule has 1 aromatic heterocycles. The molecule has 0 atom stereocenters. The van der Waals surface area contributed by atoms with Crippen molar-refractivity contribution in [3.8, 4) is 0 Å². The fourth-order valence-corrected chi connectivity index (χ4v) is 2.58. The third-order valence-corrected chi connectivity index (χ3v) is 3.69. The molecule has 2 aliphatic rings. The molecule has 0 saturated carbocycles. The maximum Gasteiger partial charge on any atom is 0.338 e. The molecule has 0 aromatic carbocycles. The first kappa shape index (κ1) is 14.5. The van der Waals surface area contributed by atoms with E-state index in [0.717, 1.165) is 5.70 Å². The predicted octanol–water partition coefficient (Wildman–Crippen LogP) is 3.05. The van der Waals surface area contributed by atoms with Crippen LogP contribution in [-0.2, 0) is 9.53 Å². The summed E-state index contributed by atoms with van der Waals surface area (Å²) < 4.78 is 5.09. The highest BCUT2D eigenvalue weighted by Gasteiger charge is 2.32. The van der Waals surface area contributed by atoms with Gasteiger partial charge in [-0.15, -0.1) is 0 Å². The van der Waals surface area contributed by atoms with Crippen LogP contribution in [0.4, 0.5) is 0 Å². The SMILES string of the molecule is C=C1CC(C(=O)OCC)=C2N=C(c3cccnc3Cl)C=CN12. The van der Waals surface area contributed by atoms with Crippen molar-refractivity contribution in [1.82, 2.24) is 9.88 Å². The summed E-state index contributed by atoms with van der Waals surface area (Å²) in [6, 6.07) is 3.63. The molecular formula is C16H14ClN3O2. The second-order valence-corrected chi connectivity index (χ2v) is 5.15. The lowest BCUT2D eigenvalue weighted by Gasteiger charge is -2.20. The first-order valence-corrected chi connectivity index (χ1v) is 7.24. The monoisotopic (exact) mass is 315 g/mol. The van der Waals surface area contributed by atoms with Gasteiger partial charge in [0.2, 0.25) is 0 Å². The Balaban J connectivity index is 2.05. The van der Waals surface area contributed by atoms with Crippen LogP contribution in [0.2, 0.25) is 5.15 Å². The number of nitrogens with zero attached hydrogens (tertiary/aromatic N) is 3. The van der Waals surface area contributed by atoms with E-state index in [1.165, 1.54) is 0 Å². The van der Waals surface area contributed by atoms with Crippen LogP contribution in [0.25, 0.3) is 0 Å². The van der Waals surface area contributed by atoms with E-state index in [4.69, 9.17) is 16.3 Å². The van der Waals surface area contributed by atoms with E-state index in [9.17, 15) is 4.79 Å². The molecule has 0 N–H and O–H groups in total. The summed E-state index contributed by atoms with van der Waals surface area (Å²) in [5.74, 6) is 0.178. The fraction of sp³-hybridized carbons (Fsp3) is 0.188. The van der Waals surface area contributed by atoms with Gasteiger partial charge < -0.3 is 9.64 Å². The highest BCUT2D eigenvalue weighted by Crippen LogP contribution is 2.35. The third-order valence-electron chi connectivity index (χ3n) is 3.38. The van der Waals surface area contributed by atoms with Crippen LogP contribution in [0.5, 0.6) is 0 Å². The molecule has 0 bridgehead atoms. The molecule has 3 rings (SSSR count). The minimum absolute atomic E-state index is 0.322. The maximum absolute atomic E-state index is 12.1. The molecule has 0 aliphatic carbocycles. The molecule has 0 fully saturated rings. The van der Waals surface area contributed by atoms with E-state index in [0.29, 0.717) is 40.9 Å². The average Bonchev–Trinajstić information content (AvgIpc) is 2.85. The van der Waals surface area contributed by atoms with Gasteiger partial charge in [-0.3, -0.25) is 0 Å². The smallest absolute Gasteiger partial charge is 0.338 e. The van der Waals surface area contributed by atoms with Crippen LogP contribution in [0.3, 0.4) is 0 Å². The van der Waals surface area contributed by atoms with E-state index in [1.54, 1.807) is 24.1 Å². The van der Waals surface area contributed by atoms with Gasteiger partial charge in [-0.25, -0.2) is 14.8 Å². The molecule has 0 spiro atoms. The number of hydrogen-bond donors (Lipinski definition) is 0. The summed E-state index contributed by atoms with van der Waals surface area (Å²) in [7, 11) is 0. The van der Waals surface area contributed by atoms with E-state index in [-0.39, 0.29) is 5.97 Å². The lowest BCUT2D eigenvalue weighted by Crippen LogP contribution is -2.17. The van der Waals surface area contributed by atoms with E-state index in [2.05, 4.69) is 16.6 Å². The van der Waals surface area contributed by atoms with Crippen molar-refractivity contribution >= 4 is 23.3 Å². The minimum atomic E-state index is -0.364. The largest absolute Gasteiger partial charge is 0.463 e. The molecule has 6 heteroatoms. The maximum atomic E-state index is 12.1. The molecule has 0 radical (unpaired) electrons. The summed E-state index contributed by atoms with van der Waals surface area (Å²) >= 11 is 6.11. The number of aromatic nitrogens is 1. The van der Waals surface area contributed by atoms with Crippen molar-refractivity contribution in [3.63, 3.8) is 0 Å². The van der Waals surface area contributed by atoms with Crippen LogP contribution in [0.1, 0.15) is 18.9 Å². The van der Waals surface area contributed by atoms with E-state index in [1.807, 2.05) is 18.3 Å². The van der Waals surface area contributed by atoms with Gasteiger partial charge in [0.05, 0.1) is 17.9 Å². The van der Waals surface area contributed by atoms with Gasteiger partial charge in [0.15, 0.2) is 0 Å². The molecule has 0 saturated heterocycles. The Kier molecular flexibility index (Phi) is 3.81. The lowest BCUT2D eigenvalue weighted by molar-refractivity contribution is -0.138. The summed E-state index contributed by atoms with van der Waals surface area (Å²) in [5, 5.41) is 0.370. The Morgan fingerprint density at radius 2 is 2.36 bits per heavy atom. The van der Waals surface area contributed by atoms with Gasteiger partial charge >= 0.3 is 5.97 Å². The highest BCUT2D eigenvalue weighted by atomic mass is 35.5. The zero-order valence-corrected chi connectivity index (χ0v) is 12.8. The van der Waals surface area contributed by atoms with Crippen molar-refractivity contribution in [2.75, 3.05) is 6.61 Å². The highest BCUT2D eigenvalue weighted by molar-refractivity contribution is 6.34. The number of hydrogen-bond acceptors (Lipinski definition) is 5. The Bertz CT molecular complexity index is 750. The van der Waals surface area contributed by atoms with Crippen molar-refractivity contribution < 1.29 is 9.53 Å². The predicted molar refractivity (Wildman–Crippen MR) is 84.2 cm³/mol. The number of pyridine rings is 1. The minimum Gasteiger partial charge on any atom is -0.463 e. The van der Waals surface area contributed by atoms with E-state index >= 15 is 0 Å². The molecule has 0 amide bonds. The molecule has 0 unspecified atom stereocenters. The fourth-order valence-electron chi connectivity index (χ4n) is 2.37. The van der Waals surface area contributed by atoms with Crippen molar-refractivity contribution in [3.05, 3.63) is 65.0 Å². The van der Waals surface area contributed by atoms with Crippen molar-refractivity contribution in [2.45, 2.75) is 13.3 Å². The first-order chi connectivity index (χ1) is 10.6. The molecular weight excluding hydrogens is 302 g/mol. The average molecular weight is 316 g/mol. The van der Waals surface area contributed by atoms with Crippen LogP contribution < -0.4 is 0 Å². The van der Waals surface area contributed by atoms with Crippen molar-refractivity contribution in [1.29, 1.82) is 0 Å². The number of rotatable bonds is 3. The second kappa shape index (κ2) is 5.77. The summed E-state index contributed by atoms with van der Waals surface area (Å²) in [4.78, 5) is 22.5. The van der Waals surface area contributed by atoms with Gasteiger partial charge in [-0.05, 0) is 25.1 Å². The number of carbonyl (C=O) groups is 1. The van der Waals surface area contributed by atoms with Gasteiger partial charge in [0, 0.05) is 30.1 Å². The Morgan fingerprint density at radius 3 is 3.09 bits per heavy atom. The van der Waals surface area contributed by atoms with Crippen LogP contribution in [0, 0.1) is 0 Å². The Hall–Kier alpha value is -2.40. The molecule has 1 aromatic rings. The molecule has 2 aliphatic heterocycles. The van der Waals surface area contributed by atoms with Crippen molar-refractivity contribution in [2.24, 2.45) is 4.99 Å². The zero-order valence-electron chi connectivity index (χ0n) is 12.0. The molecule has 5 nitrogen and oxygen atoms in total. The third kappa shape index (κ3) is 2.44. The number of allylic oxidation sites excluding steroid dienone is 2. The second-order valence-electron chi connectivity index (χ2n) is 4.79. The van der Waals surface area contributed by atoms with Gasteiger partial charge in [0.25, 0.3) is 0 Å².